The first-order chi connectivity index (χ1) is 20.8. The van der Waals surface area contributed by atoms with Crippen LogP contribution in [-0.2, 0) is 22.6 Å². The first kappa shape index (κ1) is 33.7. The maximum atomic E-state index is 13.8. The van der Waals surface area contributed by atoms with E-state index in [4.69, 9.17) is 4.74 Å². The molecule has 2 aromatic carbocycles. The third-order valence-corrected chi connectivity index (χ3v) is 9.76. The van der Waals surface area contributed by atoms with Crippen molar-refractivity contribution >= 4 is 30.2 Å². The van der Waals surface area contributed by atoms with E-state index in [-0.39, 0.29) is 35.7 Å². The van der Waals surface area contributed by atoms with Crippen LogP contribution in [0.2, 0.25) is 0 Å². The van der Waals surface area contributed by atoms with Crippen molar-refractivity contribution in [2.75, 3.05) is 26.7 Å². The summed E-state index contributed by atoms with van der Waals surface area (Å²) in [5.74, 6) is -0.579. The summed E-state index contributed by atoms with van der Waals surface area (Å²) in [5.41, 5.74) is 2.53. The molecule has 0 radical (unpaired) electrons. The fraction of sp³-hybridized carbons (Fsp3) is 0.559. The molecule has 0 bridgehead atoms. The highest BCUT2D eigenvalue weighted by atomic mass is 35.5. The van der Waals surface area contributed by atoms with Crippen LogP contribution in [0.25, 0.3) is 0 Å². The molecule has 0 aromatic heterocycles. The summed E-state index contributed by atoms with van der Waals surface area (Å²) in [4.78, 5) is 42.9. The molecule has 1 spiro atoms. The van der Waals surface area contributed by atoms with E-state index in [1.165, 1.54) is 5.56 Å². The zero-order valence-corrected chi connectivity index (χ0v) is 26.6. The minimum absolute atomic E-state index is 0. The molecule has 2 aromatic rings. The predicted molar refractivity (Wildman–Crippen MR) is 170 cm³/mol. The summed E-state index contributed by atoms with van der Waals surface area (Å²) in [7, 11) is 1.55. The molecule has 3 aliphatic rings. The molecule has 0 unspecified atom stereocenters. The van der Waals surface area contributed by atoms with E-state index in [0.717, 1.165) is 56.2 Å². The van der Waals surface area contributed by atoms with Crippen molar-refractivity contribution in [3.8, 4) is 5.75 Å². The lowest BCUT2D eigenvalue weighted by Crippen LogP contribution is -2.75. The number of hydrogen-bond acceptors (Lipinski definition) is 6. The standard InChI is InChI=1S/C34H45N3O6.ClH/c1-3-4-17-37-31(39)29(30(38)25-7-5-6-8-25)35-33(42)34(37)15-18-36(19-16-34)22-24-11-9-23(10-12-24)20-26-13-14-27(32(40)41)21-28(26)43-2;/h9-14,21,25,29-30,38H,3-8,15-20,22H2,1-2H3,(H,35,42)(H,40,41);1H/t29-,30-;/m1./s1. The summed E-state index contributed by atoms with van der Waals surface area (Å²) in [6, 6.07) is 12.5. The van der Waals surface area contributed by atoms with E-state index in [1.807, 2.05) is 4.90 Å². The summed E-state index contributed by atoms with van der Waals surface area (Å²) < 4.78 is 5.43. The quantitative estimate of drug-likeness (QED) is 0.337. The molecule has 1 aliphatic carbocycles. The van der Waals surface area contributed by atoms with Gasteiger partial charge in [0.15, 0.2) is 0 Å². The summed E-state index contributed by atoms with van der Waals surface area (Å²) in [5, 5.41) is 23.3. The van der Waals surface area contributed by atoms with E-state index in [1.54, 1.807) is 25.3 Å². The number of piperazine rings is 1. The third kappa shape index (κ3) is 7.05. The molecule has 44 heavy (non-hydrogen) atoms. The van der Waals surface area contributed by atoms with Gasteiger partial charge in [-0.15, -0.1) is 12.4 Å². The molecule has 5 rings (SSSR count). The Morgan fingerprint density at radius 2 is 1.73 bits per heavy atom. The number of hydrogen-bond donors (Lipinski definition) is 3. The molecule has 2 heterocycles. The average molecular weight is 628 g/mol. The van der Waals surface area contributed by atoms with Crippen molar-refractivity contribution in [1.82, 2.24) is 15.1 Å². The number of carboxylic acid groups (broad SMARTS) is 1. The number of benzene rings is 2. The molecular weight excluding hydrogens is 582 g/mol. The van der Waals surface area contributed by atoms with Crippen LogP contribution >= 0.6 is 12.4 Å². The average Bonchev–Trinajstić information content (AvgIpc) is 3.56. The number of halogens is 1. The zero-order chi connectivity index (χ0) is 30.6. The second-order valence-electron chi connectivity index (χ2n) is 12.5. The Morgan fingerprint density at radius 1 is 1.07 bits per heavy atom. The number of rotatable bonds is 11. The predicted octanol–water partition coefficient (Wildman–Crippen LogP) is 4.42. The Morgan fingerprint density at radius 3 is 2.34 bits per heavy atom. The Kier molecular flexibility index (Phi) is 11.3. The van der Waals surface area contributed by atoms with Gasteiger partial charge in [0.2, 0.25) is 11.8 Å². The second-order valence-corrected chi connectivity index (χ2v) is 12.5. The van der Waals surface area contributed by atoms with Crippen LogP contribution in [0.1, 0.15) is 85.3 Å². The van der Waals surface area contributed by atoms with E-state index in [0.29, 0.717) is 44.6 Å². The third-order valence-electron chi connectivity index (χ3n) is 9.76. The van der Waals surface area contributed by atoms with Gasteiger partial charge in [-0.05, 0) is 66.8 Å². The Hall–Kier alpha value is -3.14. The highest BCUT2D eigenvalue weighted by Gasteiger charge is 2.55. The van der Waals surface area contributed by atoms with Crippen LogP contribution in [-0.4, -0.2) is 82.2 Å². The minimum Gasteiger partial charge on any atom is -0.496 e. The van der Waals surface area contributed by atoms with Crippen LogP contribution in [0.4, 0.5) is 0 Å². The number of nitrogens with one attached hydrogen (secondary N) is 1. The number of aliphatic hydroxyl groups is 1. The number of ether oxygens (including phenoxy) is 1. The number of carboxylic acids is 1. The number of piperidine rings is 1. The largest absolute Gasteiger partial charge is 0.496 e. The summed E-state index contributed by atoms with van der Waals surface area (Å²) in [6.45, 7) is 4.79. The Balaban J connectivity index is 0.00000442. The lowest BCUT2D eigenvalue weighted by Gasteiger charge is -2.52. The van der Waals surface area contributed by atoms with Crippen molar-refractivity contribution < 1.29 is 29.3 Å². The number of carbonyl (C=O) groups excluding carboxylic acids is 2. The van der Waals surface area contributed by atoms with Gasteiger partial charge in [-0.3, -0.25) is 14.5 Å². The zero-order valence-electron chi connectivity index (χ0n) is 25.8. The number of aliphatic hydroxyl groups excluding tert-OH is 1. The van der Waals surface area contributed by atoms with Gasteiger partial charge < -0.3 is 25.2 Å². The second kappa shape index (κ2) is 14.8. The molecule has 2 saturated heterocycles. The van der Waals surface area contributed by atoms with Crippen molar-refractivity contribution in [1.29, 1.82) is 0 Å². The molecule has 3 N–H and O–H groups in total. The van der Waals surface area contributed by atoms with Gasteiger partial charge in [-0.1, -0.05) is 56.5 Å². The van der Waals surface area contributed by atoms with Crippen molar-refractivity contribution in [2.24, 2.45) is 5.92 Å². The first-order valence-corrected chi connectivity index (χ1v) is 15.8. The van der Waals surface area contributed by atoms with Gasteiger partial charge in [0, 0.05) is 32.6 Å². The van der Waals surface area contributed by atoms with Crippen LogP contribution in [0.3, 0.4) is 0 Å². The fourth-order valence-corrected chi connectivity index (χ4v) is 7.12. The number of unbranched alkanes of at least 4 members (excludes halogenated alkanes) is 1. The smallest absolute Gasteiger partial charge is 0.335 e. The van der Waals surface area contributed by atoms with Crippen molar-refractivity contribution in [2.45, 2.75) is 88.9 Å². The molecule has 10 heteroatoms. The first-order valence-electron chi connectivity index (χ1n) is 15.8. The van der Waals surface area contributed by atoms with Crippen LogP contribution in [0, 0.1) is 5.92 Å². The van der Waals surface area contributed by atoms with Gasteiger partial charge in [0.05, 0.1) is 18.8 Å². The maximum Gasteiger partial charge on any atom is 0.335 e. The van der Waals surface area contributed by atoms with Crippen LogP contribution < -0.4 is 10.1 Å². The normalized spacial score (nSPS) is 21.2. The summed E-state index contributed by atoms with van der Waals surface area (Å²) >= 11 is 0. The number of nitrogens with zero attached hydrogens (tertiary/aromatic N) is 2. The highest BCUT2D eigenvalue weighted by molar-refractivity contribution is 6.00. The molecule has 9 nitrogen and oxygen atoms in total. The van der Waals surface area contributed by atoms with Crippen LogP contribution in [0.15, 0.2) is 42.5 Å². The number of amides is 2. The molecule has 240 valence electrons. The van der Waals surface area contributed by atoms with E-state index < -0.39 is 23.7 Å². The van der Waals surface area contributed by atoms with E-state index in [2.05, 4.69) is 41.4 Å². The Bertz CT molecular complexity index is 1300. The van der Waals surface area contributed by atoms with E-state index >= 15 is 0 Å². The molecule has 1 saturated carbocycles. The number of methoxy groups -OCH3 is 1. The number of carbonyl (C=O) groups is 3. The molecule has 2 aliphatic heterocycles. The van der Waals surface area contributed by atoms with Gasteiger partial charge in [-0.2, -0.15) is 0 Å². The number of aromatic carboxylic acids is 1. The van der Waals surface area contributed by atoms with Crippen LogP contribution in [0.5, 0.6) is 5.75 Å². The Labute approximate surface area is 266 Å². The molecule has 2 atom stereocenters. The maximum absolute atomic E-state index is 13.8. The highest BCUT2D eigenvalue weighted by Crippen LogP contribution is 2.37. The van der Waals surface area contributed by atoms with Gasteiger partial charge >= 0.3 is 5.97 Å². The SMILES string of the molecule is CCCCN1C(=O)[C@@H]([C@H](O)C2CCCC2)NC(=O)C12CCN(Cc1ccc(Cc3ccc(C(=O)O)cc3OC)cc1)CC2.Cl. The van der Waals surface area contributed by atoms with Gasteiger partial charge in [0.25, 0.3) is 0 Å². The molecule has 3 fully saturated rings. The lowest BCUT2D eigenvalue weighted by atomic mass is 9.80. The lowest BCUT2D eigenvalue weighted by molar-refractivity contribution is -0.165. The van der Waals surface area contributed by atoms with Crippen molar-refractivity contribution in [3.05, 3.63) is 64.7 Å². The fourth-order valence-electron chi connectivity index (χ4n) is 7.12. The number of likely N-dealkylation sites (tertiary alicyclic amines) is 1. The van der Waals surface area contributed by atoms with Crippen molar-refractivity contribution in [3.63, 3.8) is 0 Å². The monoisotopic (exact) mass is 627 g/mol. The minimum atomic E-state index is -0.982. The molecular formula is C34H46ClN3O6. The molecule has 2 amide bonds. The van der Waals surface area contributed by atoms with Gasteiger partial charge in [0.1, 0.15) is 17.3 Å². The van der Waals surface area contributed by atoms with Gasteiger partial charge in [-0.25, -0.2) is 4.79 Å². The van der Waals surface area contributed by atoms with E-state index in [9.17, 15) is 24.6 Å². The topological polar surface area (TPSA) is 119 Å². The summed E-state index contributed by atoms with van der Waals surface area (Å²) in [6.07, 6.45) is 6.66.